The van der Waals surface area contributed by atoms with Gasteiger partial charge >= 0.3 is 5.97 Å². The van der Waals surface area contributed by atoms with Gasteiger partial charge in [0.25, 0.3) is 0 Å². The number of aromatic carboxylic acids is 1. The van der Waals surface area contributed by atoms with Crippen LogP contribution in [0.25, 0.3) is 10.9 Å². The number of pyridine rings is 1. The SMILES string of the molecule is CN1CCCC(Nc2cc(C(=O)O)nc3ccccc23)C1. The number of rotatable bonds is 3. The average Bonchev–Trinajstić information content (AvgIpc) is 2.47. The molecule has 1 saturated heterocycles. The number of likely N-dealkylation sites (tertiary alicyclic amines) is 1. The zero-order valence-electron chi connectivity index (χ0n) is 12.0. The molecule has 1 aliphatic rings. The molecule has 0 aliphatic carbocycles. The van der Waals surface area contributed by atoms with Gasteiger partial charge in [-0.2, -0.15) is 0 Å². The number of carboxylic acids is 1. The average molecular weight is 285 g/mol. The van der Waals surface area contributed by atoms with Crippen molar-refractivity contribution in [1.82, 2.24) is 9.88 Å². The number of likely N-dealkylation sites (N-methyl/N-ethyl adjacent to an activating group) is 1. The maximum atomic E-state index is 11.2. The molecule has 1 aromatic heterocycles. The van der Waals surface area contributed by atoms with E-state index in [9.17, 15) is 9.90 Å². The largest absolute Gasteiger partial charge is 0.477 e. The Balaban J connectivity index is 1.97. The smallest absolute Gasteiger partial charge is 0.354 e. The van der Waals surface area contributed by atoms with Crippen molar-refractivity contribution in [3.05, 3.63) is 36.0 Å². The minimum absolute atomic E-state index is 0.0837. The normalized spacial score (nSPS) is 19.6. The lowest BCUT2D eigenvalue weighted by Crippen LogP contribution is -2.39. The van der Waals surface area contributed by atoms with Crippen molar-refractivity contribution in [3.8, 4) is 0 Å². The van der Waals surface area contributed by atoms with Gasteiger partial charge in [-0.3, -0.25) is 0 Å². The number of piperidine rings is 1. The molecule has 0 amide bonds. The molecule has 21 heavy (non-hydrogen) atoms. The van der Waals surface area contributed by atoms with Crippen molar-refractivity contribution < 1.29 is 9.90 Å². The first-order valence-corrected chi connectivity index (χ1v) is 7.21. The van der Waals surface area contributed by atoms with Crippen molar-refractivity contribution in [1.29, 1.82) is 0 Å². The number of nitrogens with zero attached hydrogens (tertiary/aromatic N) is 2. The van der Waals surface area contributed by atoms with Crippen LogP contribution in [0, 0.1) is 0 Å². The molecular formula is C16H19N3O2. The van der Waals surface area contributed by atoms with E-state index in [0.29, 0.717) is 11.6 Å². The predicted octanol–water partition coefficient (Wildman–Crippen LogP) is 2.44. The molecule has 110 valence electrons. The van der Waals surface area contributed by atoms with Gasteiger partial charge < -0.3 is 15.3 Å². The summed E-state index contributed by atoms with van der Waals surface area (Å²) in [5.74, 6) is -0.996. The number of hydrogen-bond donors (Lipinski definition) is 2. The quantitative estimate of drug-likeness (QED) is 0.906. The highest BCUT2D eigenvalue weighted by atomic mass is 16.4. The Hall–Kier alpha value is -2.14. The Morgan fingerprint density at radius 1 is 1.43 bits per heavy atom. The summed E-state index contributed by atoms with van der Waals surface area (Å²) in [4.78, 5) is 17.7. The third kappa shape index (κ3) is 2.97. The minimum Gasteiger partial charge on any atom is -0.477 e. The van der Waals surface area contributed by atoms with Gasteiger partial charge in [0.15, 0.2) is 5.69 Å². The highest BCUT2D eigenvalue weighted by molar-refractivity contribution is 5.97. The third-order valence-electron chi connectivity index (χ3n) is 3.92. The van der Waals surface area contributed by atoms with Gasteiger partial charge in [-0.15, -0.1) is 0 Å². The number of carbonyl (C=O) groups is 1. The molecule has 5 nitrogen and oxygen atoms in total. The molecule has 5 heteroatoms. The number of nitrogens with one attached hydrogen (secondary N) is 1. The lowest BCUT2D eigenvalue weighted by atomic mass is 10.0. The number of para-hydroxylation sites is 1. The molecule has 1 aliphatic heterocycles. The van der Waals surface area contributed by atoms with Gasteiger partial charge in [0, 0.05) is 23.7 Å². The van der Waals surface area contributed by atoms with E-state index in [1.807, 2.05) is 24.3 Å². The molecule has 0 saturated carbocycles. The zero-order valence-corrected chi connectivity index (χ0v) is 12.0. The summed E-state index contributed by atoms with van der Waals surface area (Å²) in [7, 11) is 2.11. The molecule has 1 unspecified atom stereocenters. The van der Waals surface area contributed by atoms with Crippen molar-refractivity contribution in [3.63, 3.8) is 0 Å². The van der Waals surface area contributed by atoms with Gasteiger partial charge in [-0.25, -0.2) is 9.78 Å². The van der Waals surface area contributed by atoms with Crippen LogP contribution < -0.4 is 5.32 Å². The summed E-state index contributed by atoms with van der Waals surface area (Å²) in [5, 5.41) is 13.7. The van der Waals surface area contributed by atoms with Crippen LogP contribution in [0.4, 0.5) is 5.69 Å². The lowest BCUT2D eigenvalue weighted by Gasteiger charge is -2.31. The van der Waals surface area contributed by atoms with E-state index in [2.05, 4.69) is 22.2 Å². The fourth-order valence-electron chi connectivity index (χ4n) is 2.91. The van der Waals surface area contributed by atoms with Crippen LogP contribution >= 0.6 is 0 Å². The Morgan fingerprint density at radius 2 is 2.24 bits per heavy atom. The van der Waals surface area contributed by atoms with Crippen LogP contribution in [0.15, 0.2) is 30.3 Å². The lowest BCUT2D eigenvalue weighted by molar-refractivity contribution is 0.0691. The Bertz CT molecular complexity index is 672. The third-order valence-corrected chi connectivity index (χ3v) is 3.92. The van der Waals surface area contributed by atoms with Gasteiger partial charge in [-0.05, 0) is 38.6 Å². The molecule has 0 spiro atoms. The summed E-state index contributed by atoms with van der Waals surface area (Å²) in [5.41, 5.74) is 1.66. The van der Waals surface area contributed by atoms with Crippen molar-refractivity contribution in [2.75, 3.05) is 25.5 Å². The number of fused-ring (bicyclic) bond motifs is 1. The number of aromatic nitrogens is 1. The Kier molecular flexibility index (Phi) is 3.75. The van der Waals surface area contributed by atoms with Crippen molar-refractivity contribution >= 4 is 22.6 Å². The summed E-state index contributed by atoms with van der Waals surface area (Å²) in [6, 6.07) is 9.63. The first kappa shape index (κ1) is 13.8. The fourth-order valence-corrected chi connectivity index (χ4v) is 2.91. The van der Waals surface area contributed by atoms with Gasteiger partial charge in [-0.1, -0.05) is 18.2 Å². The molecule has 1 atom stereocenters. The molecule has 1 fully saturated rings. The van der Waals surface area contributed by atoms with Gasteiger partial charge in [0.1, 0.15) is 0 Å². The zero-order chi connectivity index (χ0) is 14.8. The van der Waals surface area contributed by atoms with E-state index >= 15 is 0 Å². The fraction of sp³-hybridized carbons (Fsp3) is 0.375. The number of hydrogen-bond acceptors (Lipinski definition) is 4. The van der Waals surface area contributed by atoms with E-state index in [1.54, 1.807) is 6.07 Å². The van der Waals surface area contributed by atoms with Crippen LogP contribution in [0.1, 0.15) is 23.3 Å². The molecular weight excluding hydrogens is 266 g/mol. The van der Waals surface area contributed by atoms with Crippen molar-refractivity contribution in [2.45, 2.75) is 18.9 Å². The standard InChI is InChI=1S/C16H19N3O2/c1-19-8-4-5-11(10-19)17-14-9-15(16(20)21)18-13-7-3-2-6-12(13)14/h2-3,6-7,9,11H,4-5,8,10H2,1H3,(H,17,18)(H,20,21). The van der Waals surface area contributed by atoms with E-state index in [0.717, 1.165) is 37.0 Å². The number of benzene rings is 1. The first-order chi connectivity index (χ1) is 10.1. The summed E-state index contributed by atoms with van der Waals surface area (Å²) in [6.07, 6.45) is 2.26. The molecule has 2 aromatic rings. The van der Waals surface area contributed by atoms with Gasteiger partial charge in [0.2, 0.25) is 0 Å². The molecule has 0 bridgehead atoms. The second-order valence-electron chi connectivity index (χ2n) is 5.62. The Morgan fingerprint density at radius 3 is 3.00 bits per heavy atom. The molecule has 1 aromatic carbocycles. The topological polar surface area (TPSA) is 65.5 Å². The van der Waals surface area contributed by atoms with Crippen LogP contribution in [0.3, 0.4) is 0 Å². The monoisotopic (exact) mass is 285 g/mol. The van der Waals surface area contributed by atoms with E-state index in [1.165, 1.54) is 0 Å². The van der Waals surface area contributed by atoms with Crippen molar-refractivity contribution in [2.24, 2.45) is 0 Å². The van der Waals surface area contributed by atoms with Crippen LogP contribution in [-0.2, 0) is 0 Å². The molecule has 2 heterocycles. The summed E-state index contributed by atoms with van der Waals surface area (Å²) in [6.45, 7) is 2.09. The van der Waals surface area contributed by atoms with Gasteiger partial charge in [0.05, 0.1) is 5.52 Å². The highest BCUT2D eigenvalue weighted by Crippen LogP contribution is 2.25. The van der Waals surface area contributed by atoms with Crippen LogP contribution in [-0.4, -0.2) is 47.1 Å². The molecule has 3 rings (SSSR count). The first-order valence-electron chi connectivity index (χ1n) is 7.21. The second kappa shape index (κ2) is 5.69. The summed E-state index contributed by atoms with van der Waals surface area (Å²) >= 11 is 0. The maximum Gasteiger partial charge on any atom is 0.354 e. The predicted molar refractivity (Wildman–Crippen MR) is 82.8 cm³/mol. The van der Waals surface area contributed by atoms with Crippen LogP contribution in [0.5, 0.6) is 0 Å². The van der Waals surface area contributed by atoms with E-state index < -0.39 is 5.97 Å². The maximum absolute atomic E-state index is 11.2. The summed E-state index contributed by atoms with van der Waals surface area (Å²) < 4.78 is 0. The molecule has 2 N–H and O–H groups in total. The number of anilines is 1. The van der Waals surface area contributed by atoms with E-state index in [-0.39, 0.29) is 5.69 Å². The Labute approximate surface area is 123 Å². The highest BCUT2D eigenvalue weighted by Gasteiger charge is 2.19. The second-order valence-corrected chi connectivity index (χ2v) is 5.62. The molecule has 0 radical (unpaired) electrons. The van der Waals surface area contributed by atoms with Crippen LogP contribution in [0.2, 0.25) is 0 Å². The number of carboxylic acid groups (broad SMARTS) is 1. The van der Waals surface area contributed by atoms with E-state index in [4.69, 9.17) is 0 Å². The minimum atomic E-state index is -0.996.